The van der Waals surface area contributed by atoms with Crippen LogP contribution in [-0.2, 0) is 15.0 Å². The van der Waals surface area contributed by atoms with E-state index in [0.29, 0.717) is 10.4 Å². The molecule has 6 nitrogen and oxygen atoms in total. The number of rotatable bonds is 6. The van der Waals surface area contributed by atoms with Crippen LogP contribution < -0.4 is 0 Å². The second-order valence-corrected chi connectivity index (χ2v) is 11.0. The molecule has 1 amide bonds. The monoisotopic (exact) mass is 457 g/mol. The molecule has 1 aromatic carbocycles. The normalized spacial score (nSPS) is 23.5. The zero-order chi connectivity index (χ0) is 23.8. The van der Waals surface area contributed by atoms with Crippen molar-refractivity contribution in [3.8, 4) is 0 Å². The van der Waals surface area contributed by atoms with Crippen LogP contribution in [-0.4, -0.2) is 38.5 Å². The molecule has 0 bridgehead atoms. The van der Waals surface area contributed by atoms with E-state index in [4.69, 9.17) is 0 Å². The summed E-state index contributed by atoms with van der Waals surface area (Å²) in [6, 6.07) is 9.92. The van der Waals surface area contributed by atoms with Gasteiger partial charge in [-0.05, 0) is 53.3 Å². The summed E-state index contributed by atoms with van der Waals surface area (Å²) in [5, 5.41) is 22.2. The summed E-state index contributed by atoms with van der Waals surface area (Å²) in [4.78, 5) is 40.8. The van der Waals surface area contributed by atoms with E-state index in [-0.39, 0.29) is 24.2 Å². The topological polar surface area (TPSA) is 94.9 Å². The van der Waals surface area contributed by atoms with E-state index in [9.17, 15) is 24.6 Å². The van der Waals surface area contributed by atoms with Crippen LogP contribution in [0.4, 0.5) is 0 Å². The third-order valence-electron chi connectivity index (χ3n) is 6.19. The fourth-order valence-electron chi connectivity index (χ4n) is 4.73. The molecule has 0 radical (unpaired) electrons. The molecule has 32 heavy (non-hydrogen) atoms. The van der Waals surface area contributed by atoms with Crippen LogP contribution in [0.2, 0.25) is 0 Å². The van der Waals surface area contributed by atoms with Gasteiger partial charge >= 0.3 is 11.9 Å². The molecular formula is C25H31NO5S. The summed E-state index contributed by atoms with van der Waals surface area (Å²) < 4.78 is 0. The van der Waals surface area contributed by atoms with Gasteiger partial charge in [-0.3, -0.25) is 9.59 Å². The van der Waals surface area contributed by atoms with Crippen molar-refractivity contribution in [3.63, 3.8) is 0 Å². The SMILES string of the molecule is CC(C)C[C@@]1(C(=O)O)C[C@H](C(=O)O)[C@H](c2cccs2)N1C(=O)c1ccc(C(C)(C)C)cc1. The van der Waals surface area contributed by atoms with Gasteiger partial charge in [0.05, 0.1) is 12.0 Å². The summed E-state index contributed by atoms with van der Waals surface area (Å²) in [7, 11) is 0. The Morgan fingerprint density at radius 1 is 1.12 bits per heavy atom. The van der Waals surface area contributed by atoms with Crippen molar-refractivity contribution in [2.75, 3.05) is 0 Å². The van der Waals surface area contributed by atoms with Crippen molar-refractivity contribution in [3.05, 3.63) is 57.8 Å². The number of likely N-dealkylation sites (tertiary alicyclic amines) is 1. The molecule has 0 saturated carbocycles. The number of carbonyl (C=O) groups is 3. The van der Waals surface area contributed by atoms with Crippen molar-refractivity contribution < 1.29 is 24.6 Å². The van der Waals surface area contributed by atoms with Gasteiger partial charge in [0.15, 0.2) is 0 Å². The molecule has 1 aliphatic heterocycles. The predicted octanol–water partition coefficient (Wildman–Crippen LogP) is 5.20. The maximum Gasteiger partial charge on any atom is 0.329 e. The van der Waals surface area contributed by atoms with E-state index in [0.717, 1.165) is 5.56 Å². The molecule has 7 heteroatoms. The van der Waals surface area contributed by atoms with Crippen LogP contribution in [0.1, 0.15) is 74.3 Å². The highest BCUT2D eigenvalue weighted by molar-refractivity contribution is 7.10. The molecule has 3 atom stereocenters. The first-order valence-electron chi connectivity index (χ1n) is 10.8. The van der Waals surface area contributed by atoms with Gasteiger partial charge in [-0.15, -0.1) is 11.3 Å². The molecule has 1 fully saturated rings. The lowest BCUT2D eigenvalue weighted by Crippen LogP contribution is -2.54. The number of hydrogen-bond donors (Lipinski definition) is 2. The highest BCUT2D eigenvalue weighted by Crippen LogP contribution is 2.51. The number of carboxylic acids is 2. The quantitative estimate of drug-likeness (QED) is 0.621. The largest absolute Gasteiger partial charge is 0.481 e. The number of carboxylic acid groups (broad SMARTS) is 2. The number of benzene rings is 1. The maximum absolute atomic E-state index is 13.9. The lowest BCUT2D eigenvalue weighted by molar-refractivity contribution is -0.150. The van der Waals surface area contributed by atoms with Gasteiger partial charge in [-0.2, -0.15) is 0 Å². The highest BCUT2D eigenvalue weighted by Gasteiger charge is 2.61. The van der Waals surface area contributed by atoms with Crippen LogP contribution in [0.3, 0.4) is 0 Å². The Morgan fingerprint density at radius 3 is 2.19 bits per heavy atom. The number of hydrogen-bond acceptors (Lipinski definition) is 4. The molecule has 3 rings (SSSR count). The van der Waals surface area contributed by atoms with Gasteiger partial charge in [0.2, 0.25) is 0 Å². The van der Waals surface area contributed by atoms with Crippen LogP contribution in [0.5, 0.6) is 0 Å². The van der Waals surface area contributed by atoms with Crippen LogP contribution >= 0.6 is 11.3 Å². The first-order valence-corrected chi connectivity index (χ1v) is 11.7. The fraction of sp³-hybridized carbons (Fsp3) is 0.480. The summed E-state index contributed by atoms with van der Waals surface area (Å²) in [6.07, 6.45) is 0.0596. The second-order valence-electron chi connectivity index (χ2n) is 10.0. The van der Waals surface area contributed by atoms with Crippen molar-refractivity contribution >= 4 is 29.2 Å². The lowest BCUT2D eigenvalue weighted by atomic mass is 9.83. The minimum atomic E-state index is -1.59. The average Bonchev–Trinajstić information content (AvgIpc) is 3.33. The minimum Gasteiger partial charge on any atom is -0.481 e. The first kappa shape index (κ1) is 24.0. The first-order chi connectivity index (χ1) is 14.9. The Balaban J connectivity index is 2.17. The third kappa shape index (κ3) is 4.31. The number of thiophene rings is 1. The average molecular weight is 458 g/mol. The predicted molar refractivity (Wildman–Crippen MR) is 124 cm³/mol. The number of amides is 1. The van der Waals surface area contributed by atoms with E-state index < -0.39 is 35.3 Å². The molecule has 2 aromatic rings. The Labute approximate surface area is 192 Å². The molecule has 1 saturated heterocycles. The molecule has 0 unspecified atom stereocenters. The van der Waals surface area contributed by atoms with Crippen molar-refractivity contribution in [1.29, 1.82) is 0 Å². The number of carbonyl (C=O) groups excluding carboxylic acids is 1. The Morgan fingerprint density at radius 2 is 1.75 bits per heavy atom. The fourth-order valence-corrected chi connectivity index (χ4v) is 5.62. The smallest absolute Gasteiger partial charge is 0.329 e. The summed E-state index contributed by atoms with van der Waals surface area (Å²) in [5.74, 6) is -3.73. The molecule has 0 spiro atoms. The van der Waals surface area contributed by atoms with Crippen molar-refractivity contribution in [2.45, 2.75) is 64.5 Å². The summed E-state index contributed by atoms with van der Waals surface area (Å²) in [6.45, 7) is 10.0. The van der Waals surface area contributed by atoms with Gasteiger partial charge in [-0.1, -0.05) is 52.8 Å². The van der Waals surface area contributed by atoms with E-state index >= 15 is 0 Å². The van der Waals surface area contributed by atoms with Gasteiger partial charge in [0.25, 0.3) is 5.91 Å². The molecular weight excluding hydrogens is 426 g/mol. The summed E-state index contributed by atoms with van der Waals surface area (Å²) in [5.41, 5.74) is -0.266. The van der Waals surface area contributed by atoms with E-state index in [2.05, 4.69) is 20.8 Å². The molecule has 1 aliphatic rings. The second kappa shape index (κ2) is 8.70. The summed E-state index contributed by atoms with van der Waals surface area (Å²) >= 11 is 1.34. The van der Waals surface area contributed by atoms with Crippen molar-refractivity contribution in [1.82, 2.24) is 4.90 Å². The zero-order valence-electron chi connectivity index (χ0n) is 19.2. The Hall–Kier alpha value is -2.67. The standard InChI is InChI=1S/C25H31NO5S/c1-15(2)13-25(23(30)31)14-18(22(28)29)20(19-7-6-12-32-19)26(25)21(27)16-8-10-17(11-9-16)24(3,4)5/h6-12,15,18,20H,13-14H2,1-5H3,(H,28,29)(H,30,31)/t18-,20+,25-/m0/s1. The Kier molecular flexibility index (Phi) is 6.52. The number of nitrogens with zero attached hydrogens (tertiary/aromatic N) is 1. The lowest BCUT2D eigenvalue weighted by Gasteiger charge is -2.39. The van der Waals surface area contributed by atoms with Crippen LogP contribution in [0.25, 0.3) is 0 Å². The highest BCUT2D eigenvalue weighted by atomic mass is 32.1. The van der Waals surface area contributed by atoms with E-state index in [1.165, 1.54) is 16.2 Å². The van der Waals surface area contributed by atoms with E-state index in [1.807, 2.05) is 31.4 Å². The third-order valence-corrected chi connectivity index (χ3v) is 7.13. The molecule has 2 heterocycles. The zero-order valence-corrected chi connectivity index (χ0v) is 20.0. The van der Waals surface area contributed by atoms with Crippen LogP contribution in [0.15, 0.2) is 41.8 Å². The Bertz CT molecular complexity index is 990. The van der Waals surface area contributed by atoms with Gasteiger partial charge in [0.1, 0.15) is 5.54 Å². The van der Waals surface area contributed by atoms with Gasteiger partial charge in [0, 0.05) is 10.4 Å². The molecule has 2 N–H and O–H groups in total. The molecule has 172 valence electrons. The van der Waals surface area contributed by atoms with Crippen LogP contribution in [0, 0.1) is 11.8 Å². The van der Waals surface area contributed by atoms with Crippen molar-refractivity contribution in [2.24, 2.45) is 11.8 Å². The molecule has 0 aliphatic carbocycles. The molecule has 1 aromatic heterocycles. The number of aliphatic carboxylic acids is 2. The van der Waals surface area contributed by atoms with Gasteiger partial charge in [-0.25, -0.2) is 4.79 Å². The minimum absolute atomic E-state index is 0.0406. The van der Waals surface area contributed by atoms with Gasteiger partial charge < -0.3 is 15.1 Å². The maximum atomic E-state index is 13.9. The van der Waals surface area contributed by atoms with E-state index in [1.54, 1.807) is 24.3 Å².